The lowest BCUT2D eigenvalue weighted by Gasteiger charge is -2.45. The number of unbranched alkanes of at least 4 members (excludes halogenated alkanes) is 1. The molecular formula is C103H134FN9O31. The van der Waals surface area contributed by atoms with Gasteiger partial charge in [0.2, 0.25) is 41.7 Å². The van der Waals surface area contributed by atoms with E-state index in [4.69, 9.17) is 80.8 Å². The summed E-state index contributed by atoms with van der Waals surface area (Å²) in [4.78, 5) is 146. The van der Waals surface area contributed by atoms with Gasteiger partial charge in [0.25, 0.3) is 5.56 Å². The Morgan fingerprint density at radius 2 is 1.19 bits per heavy atom. The summed E-state index contributed by atoms with van der Waals surface area (Å²) in [5.74, 6) is 0.453. The summed E-state index contributed by atoms with van der Waals surface area (Å²) in [5, 5.41) is 68.4. The molecule has 1 spiro atoms. The Morgan fingerprint density at radius 3 is 1.81 bits per heavy atom. The first kappa shape index (κ1) is 110. The summed E-state index contributed by atoms with van der Waals surface area (Å²) in [6, 6.07) is 20.4. The van der Waals surface area contributed by atoms with Crippen molar-refractivity contribution in [3.8, 4) is 29.0 Å². The van der Waals surface area contributed by atoms with E-state index in [0.717, 1.165) is 35.2 Å². The van der Waals surface area contributed by atoms with E-state index in [2.05, 4.69) is 38.4 Å². The molecule has 0 unspecified atom stereocenters. The number of esters is 1. The van der Waals surface area contributed by atoms with Crippen LogP contribution in [0.15, 0.2) is 83.7 Å². The number of nitrogens with one attached hydrogen (secondary N) is 5. The maximum absolute atomic E-state index is 15.8. The highest BCUT2D eigenvalue weighted by Crippen LogP contribution is 2.49. The standard InChI is InChI=1S/C103H134FN9O31/c1-4-103(128)76-58-82-90-74(63-113(82)97(123)75(76)65-141-100(103)126)89-78(21-20-73-66(2)77(104)59-79(108-90)88(73)89)110-101(127)142-64-67-17-22-83(143-99-93(120)91(118)92(119)94(144-99)98(124)125)72(57-67)60-106-84(114)25-31-105-96(122)80(61-107-85(115)26-34-130-37-38-132-41-42-134-45-46-136-49-50-138-53-54-140-56-55-139-52-51-137-48-47-135-44-43-133-40-39-131-36-35-129-3)109-95(121)70-23-27-102(28-24-70)29-32-111(33-30-102)86(116)15-9-10-16-87(117)112-62-71-13-6-5-11-68(71)18-19-69-12-7-8-14-81(69)112/h5-8,11-14,17,22,57-59,70,78,80,91-94,99,118-120,128H,4,9-10,15-16,20-21,23-56,60-65H2,1-3H3,(H,105,122)(H,106,114)(H,107,115)(H,109,121)(H,110,127)(H,124,125)/t78-,80-,91-,92-,93+,94-,99+,103-/m0/s1. The molecule has 5 aliphatic heterocycles. The second-order valence-electron chi connectivity index (χ2n) is 36.3. The van der Waals surface area contributed by atoms with Crippen LogP contribution in [-0.4, -0.2) is 315 Å². The van der Waals surface area contributed by atoms with E-state index in [1.54, 1.807) is 25.9 Å². The topological polar surface area (TPSA) is 504 Å². The van der Waals surface area contributed by atoms with Gasteiger partial charge in [-0.15, -0.1) is 0 Å². The predicted octanol–water partition coefficient (Wildman–Crippen LogP) is 4.96. The van der Waals surface area contributed by atoms with Crippen molar-refractivity contribution in [1.29, 1.82) is 0 Å². The molecule has 7 heterocycles. The summed E-state index contributed by atoms with van der Waals surface area (Å²) in [7, 11) is 1.63. The van der Waals surface area contributed by atoms with Crippen LogP contribution >= 0.6 is 0 Å². The average molecular weight is 2010 g/mol. The van der Waals surface area contributed by atoms with Crippen LogP contribution in [-0.2, 0) is 154 Å². The van der Waals surface area contributed by atoms with E-state index < -0.39 is 114 Å². The highest BCUT2D eigenvalue weighted by molar-refractivity contribution is 5.96. The number of para-hydroxylation sites is 1. The smallest absolute Gasteiger partial charge is 0.407 e. The van der Waals surface area contributed by atoms with Gasteiger partial charge in [-0.1, -0.05) is 55.2 Å². The lowest BCUT2D eigenvalue weighted by atomic mass is 9.65. The summed E-state index contributed by atoms with van der Waals surface area (Å²) in [6.07, 6.45) is -5.50. The average Bonchev–Trinajstić information content (AvgIpc) is 1.43. The van der Waals surface area contributed by atoms with Crippen LogP contribution < -0.4 is 41.8 Å². The van der Waals surface area contributed by atoms with Gasteiger partial charge in [0.05, 0.1) is 199 Å². The number of aromatic nitrogens is 2. The number of amides is 7. The number of halogens is 1. The molecule has 7 aliphatic rings. The summed E-state index contributed by atoms with van der Waals surface area (Å²) in [6.45, 7) is 11.8. The number of anilines is 1. The van der Waals surface area contributed by atoms with Gasteiger partial charge >= 0.3 is 18.0 Å². The van der Waals surface area contributed by atoms with E-state index in [9.17, 15) is 73.5 Å². The number of piperidine rings is 1. The molecule has 7 amide bonds. The SMILES string of the molecule is CC[C@@]1(O)C(=O)OCc2c1cc1n(c2=O)Cc2c-1nc1cc(F)c(C)c3c1c2[C@@H](NC(=O)OCc1ccc(O[C@@H]2O[C@H](C(=O)O)[C@@H](O)[C@H](O)[C@H]2O)c(CNC(=O)CCNC(=O)[C@H](CNC(=O)CCOCCOCCOCCOCCOCCOCCOCCOCCOCCOCCOCCOC)NC(=O)C2CCC4(CC2)CCN(C(=O)CCCCC(=O)N2Cc5ccccc5C#Cc5ccccc52)CC4)c1)CC3. The minimum Gasteiger partial charge on any atom is -0.479 e. The number of pyridine rings is 2. The largest absolute Gasteiger partial charge is 0.479 e. The number of carboxylic acids is 1. The van der Waals surface area contributed by atoms with Crippen molar-refractivity contribution >= 4 is 70.1 Å². The number of aliphatic carboxylic acids is 1. The maximum atomic E-state index is 15.8. The number of aliphatic hydroxyl groups is 4. The van der Waals surface area contributed by atoms with Gasteiger partial charge in [-0.2, -0.15) is 0 Å². The molecular weight excluding hydrogens is 1880 g/mol. The second kappa shape index (κ2) is 55.4. The summed E-state index contributed by atoms with van der Waals surface area (Å²) in [5.41, 5.74) is 4.10. The van der Waals surface area contributed by atoms with E-state index >= 15 is 4.39 Å². The van der Waals surface area contributed by atoms with Crippen molar-refractivity contribution in [1.82, 2.24) is 41.0 Å². The van der Waals surface area contributed by atoms with Gasteiger partial charge in [0, 0.05) is 111 Å². The number of cyclic esters (lactones) is 1. The molecule has 0 radical (unpaired) electrons. The van der Waals surface area contributed by atoms with Gasteiger partial charge in [-0.25, -0.2) is 23.8 Å². The Morgan fingerprint density at radius 1 is 0.618 bits per heavy atom. The number of carbonyl (C=O) groups is 9. The Kier molecular flexibility index (Phi) is 42.4. The number of methoxy groups -OCH3 is 1. The highest BCUT2D eigenvalue weighted by atomic mass is 19.1. The summed E-state index contributed by atoms with van der Waals surface area (Å²) < 4.78 is 106. The van der Waals surface area contributed by atoms with Gasteiger partial charge in [-0.05, 0) is 147 Å². The number of alkyl carbamates (subject to hydrolysis) is 1. The fraction of sp³-hybridized carbons (Fsp3) is 0.583. The number of hydrogen-bond acceptors (Lipinski definition) is 31. The quantitative estimate of drug-likeness (QED) is 0.0137. The third-order valence-corrected chi connectivity index (χ3v) is 26.9. The van der Waals surface area contributed by atoms with Crippen molar-refractivity contribution in [2.45, 2.75) is 191 Å². The first-order chi connectivity index (χ1) is 69.9. The summed E-state index contributed by atoms with van der Waals surface area (Å²) >= 11 is 0. The minimum atomic E-state index is -2.13. The van der Waals surface area contributed by atoms with Crippen LogP contribution in [0.25, 0.3) is 22.3 Å². The van der Waals surface area contributed by atoms with Gasteiger partial charge in [-0.3, -0.25) is 33.6 Å². The molecule has 40 nitrogen and oxygen atoms in total. The van der Waals surface area contributed by atoms with E-state index in [1.807, 2.05) is 53.4 Å². The fourth-order valence-corrected chi connectivity index (χ4v) is 18.7. The normalized spacial score (nSPS) is 19.4. The molecule has 2 aliphatic carbocycles. The zero-order valence-corrected chi connectivity index (χ0v) is 81.9. The van der Waals surface area contributed by atoms with Crippen molar-refractivity contribution in [2.75, 3.05) is 190 Å². The van der Waals surface area contributed by atoms with Crippen LogP contribution in [0, 0.1) is 35.9 Å². The number of fused-ring (bicyclic) bond motifs is 7. The third-order valence-electron chi connectivity index (χ3n) is 26.9. The maximum Gasteiger partial charge on any atom is 0.407 e. The van der Waals surface area contributed by atoms with Crippen LogP contribution in [0.2, 0.25) is 0 Å². The number of hydrogen-bond donors (Lipinski definition) is 10. The highest BCUT2D eigenvalue weighted by Gasteiger charge is 2.50. The van der Waals surface area contributed by atoms with Gasteiger partial charge < -0.3 is 142 Å². The molecule has 8 atom stereocenters. The first-order valence-corrected chi connectivity index (χ1v) is 49.5. The number of carboxylic acid groups (broad SMARTS) is 1. The molecule has 1 saturated carbocycles. The number of rotatable bonds is 58. The Hall–Kier alpha value is -11.1. The number of nitrogens with zero attached hydrogens (tertiary/aromatic N) is 4. The molecule has 41 heteroatoms. The van der Waals surface area contributed by atoms with Gasteiger partial charge in [0.1, 0.15) is 49.1 Å². The Bertz CT molecular complexity index is 5490. The van der Waals surface area contributed by atoms with Crippen molar-refractivity contribution < 1.29 is 149 Å². The number of benzene rings is 4. The molecule has 13 rings (SSSR count). The molecule has 144 heavy (non-hydrogen) atoms. The number of carbonyl (C=O) groups excluding carboxylic acids is 8. The lowest BCUT2D eigenvalue weighted by molar-refractivity contribution is -0.271. The third kappa shape index (κ3) is 30.1. The van der Waals surface area contributed by atoms with Crippen LogP contribution in [0.5, 0.6) is 5.75 Å². The van der Waals surface area contributed by atoms with E-state index in [-0.39, 0.29) is 148 Å². The van der Waals surface area contributed by atoms with Crippen LogP contribution in [0.3, 0.4) is 0 Å². The van der Waals surface area contributed by atoms with E-state index in [0.29, 0.717) is 230 Å². The first-order valence-electron chi connectivity index (χ1n) is 49.5. The van der Waals surface area contributed by atoms with Crippen LogP contribution in [0.4, 0.5) is 14.9 Å². The number of ether oxygens (including phenoxy) is 16. The molecule has 2 saturated heterocycles. The van der Waals surface area contributed by atoms with Crippen molar-refractivity contribution in [3.63, 3.8) is 0 Å². The van der Waals surface area contributed by atoms with Crippen LogP contribution in [0.1, 0.15) is 164 Å². The second-order valence-corrected chi connectivity index (χ2v) is 36.3. The molecule has 0 bridgehead atoms. The molecule has 2 aromatic heterocycles. The van der Waals surface area contributed by atoms with Gasteiger partial charge in [0.15, 0.2) is 11.7 Å². The van der Waals surface area contributed by atoms with Crippen molar-refractivity contribution in [3.05, 3.63) is 156 Å². The Balaban J connectivity index is 0.561. The lowest BCUT2D eigenvalue weighted by Crippen LogP contribution is -2.61. The van der Waals surface area contributed by atoms with Crippen molar-refractivity contribution in [2.24, 2.45) is 11.3 Å². The zero-order chi connectivity index (χ0) is 102. The number of aryl methyl sites for hydroxylation is 1. The molecule has 3 fully saturated rings. The molecule has 784 valence electrons. The van der Waals surface area contributed by atoms with E-state index in [1.165, 1.54) is 34.9 Å². The number of aliphatic hydroxyl groups excluding tert-OH is 3. The Labute approximate surface area is 834 Å². The molecule has 10 N–H and O–H groups in total. The zero-order valence-electron chi connectivity index (χ0n) is 81.9. The molecule has 4 aromatic carbocycles. The number of likely N-dealkylation sites (tertiary alicyclic amines) is 1. The molecule has 6 aromatic rings. The minimum absolute atomic E-state index is 0.00558. The predicted molar refractivity (Wildman–Crippen MR) is 514 cm³/mol. The monoisotopic (exact) mass is 2010 g/mol. The fourth-order valence-electron chi connectivity index (χ4n) is 18.7.